The van der Waals surface area contributed by atoms with Crippen LogP contribution >= 0.6 is 0 Å². The lowest BCUT2D eigenvalue weighted by atomic mass is 9.98. The van der Waals surface area contributed by atoms with E-state index in [1.165, 1.54) is 12.1 Å². The zero-order valence-electron chi connectivity index (χ0n) is 35.5. The number of hydrogen-bond acceptors (Lipinski definition) is 8. The highest BCUT2D eigenvalue weighted by molar-refractivity contribution is 6.14. The fourth-order valence-corrected chi connectivity index (χ4v) is 8.79. The van der Waals surface area contributed by atoms with Crippen molar-refractivity contribution in [2.45, 2.75) is 6.92 Å². The number of fused-ring (bicyclic) bond motifs is 6. The van der Waals surface area contributed by atoms with E-state index in [1.807, 2.05) is 94.9 Å². The van der Waals surface area contributed by atoms with Gasteiger partial charge in [-0.15, -0.1) is 0 Å². The Balaban J connectivity index is 1.27. The molecule has 0 saturated heterocycles. The summed E-state index contributed by atoms with van der Waals surface area (Å²) in [5.74, 6) is 0.400. The summed E-state index contributed by atoms with van der Waals surface area (Å²) >= 11 is 0. The van der Waals surface area contributed by atoms with Crippen LogP contribution in [0.25, 0.3) is 100 Å². The minimum Gasteiger partial charge on any atom is -0.309 e. The SMILES string of the molecule is C=N/C(=N\C=C/C)c1ccc2c3ccc(-c4ncccn4)cc3n(-c3cc(C#N)c(-n4c5cc(-c6ncccn6)ccc5c5ccc(-c6ncccn6)cc54)cc3-c3cc(F)cc(F)c3)c2c1. The molecule has 11 rings (SSSR count). The molecule has 5 aromatic heterocycles. The molecule has 11 aromatic rings. The number of rotatable bonds is 8. The molecule has 67 heavy (non-hydrogen) atoms. The maximum atomic E-state index is 15.6. The quantitative estimate of drug-likeness (QED) is 0.109. The number of allylic oxidation sites excluding steroid dienone is 1. The summed E-state index contributed by atoms with van der Waals surface area (Å²) in [5, 5.41) is 14.9. The van der Waals surface area contributed by atoms with Crippen molar-refractivity contribution in [1.29, 1.82) is 5.26 Å². The number of halogens is 2. The van der Waals surface area contributed by atoms with Crippen molar-refractivity contribution in [2.75, 3.05) is 0 Å². The van der Waals surface area contributed by atoms with E-state index in [4.69, 9.17) is 0 Å². The van der Waals surface area contributed by atoms with Crippen molar-refractivity contribution in [3.05, 3.63) is 194 Å². The molecule has 0 fully saturated rings. The first kappa shape index (κ1) is 40.4. The van der Waals surface area contributed by atoms with E-state index in [9.17, 15) is 5.26 Å². The van der Waals surface area contributed by atoms with Gasteiger partial charge in [0.2, 0.25) is 0 Å². The van der Waals surface area contributed by atoms with Crippen LogP contribution in [0, 0.1) is 23.0 Å². The van der Waals surface area contributed by atoms with Gasteiger partial charge < -0.3 is 9.13 Å². The fraction of sp³-hybridized carbons (Fsp3) is 0.0185. The van der Waals surface area contributed by atoms with Crippen LogP contribution in [0.4, 0.5) is 8.78 Å². The summed E-state index contributed by atoms with van der Waals surface area (Å²) < 4.78 is 35.2. The van der Waals surface area contributed by atoms with Crippen molar-refractivity contribution in [3.8, 4) is 62.7 Å². The molecule has 5 heterocycles. The number of hydrogen-bond donors (Lipinski definition) is 0. The number of nitriles is 1. The fourth-order valence-electron chi connectivity index (χ4n) is 8.79. The molecule has 0 aliphatic carbocycles. The normalized spacial score (nSPS) is 11.9. The number of nitrogens with zero attached hydrogens (tertiary/aromatic N) is 11. The van der Waals surface area contributed by atoms with Crippen LogP contribution in [-0.2, 0) is 0 Å². The van der Waals surface area contributed by atoms with Crippen LogP contribution in [-0.4, -0.2) is 51.6 Å². The Morgan fingerprint density at radius 2 is 1.00 bits per heavy atom. The van der Waals surface area contributed by atoms with E-state index in [-0.39, 0.29) is 11.1 Å². The van der Waals surface area contributed by atoms with Crippen molar-refractivity contribution < 1.29 is 8.78 Å². The van der Waals surface area contributed by atoms with Gasteiger partial charge in [-0.2, -0.15) is 5.26 Å². The van der Waals surface area contributed by atoms with Gasteiger partial charge in [0.1, 0.15) is 17.7 Å². The largest absolute Gasteiger partial charge is 0.309 e. The van der Waals surface area contributed by atoms with Gasteiger partial charge in [0.15, 0.2) is 23.3 Å². The minimum atomic E-state index is -0.765. The van der Waals surface area contributed by atoms with Gasteiger partial charge in [0, 0.05) is 98.8 Å². The molecular weight excluding hydrogens is 841 g/mol. The lowest BCUT2D eigenvalue weighted by molar-refractivity contribution is 0.584. The van der Waals surface area contributed by atoms with Gasteiger partial charge in [0.05, 0.1) is 39.0 Å². The van der Waals surface area contributed by atoms with Gasteiger partial charge in [0.25, 0.3) is 0 Å². The molecule has 0 unspecified atom stereocenters. The Labute approximate surface area is 381 Å². The van der Waals surface area contributed by atoms with Crippen molar-refractivity contribution >= 4 is 56.2 Å². The molecular formula is C54H33F2N11. The van der Waals surface area contributed by atoms with E-state index in [0.717, 1.165) is 60.9 Å². The summed E-state index contributed by atoms with van der Waals surface area (Å²) in [4.78, 5) is 36.0. The molecule has 0 N–H and O–H groups in total. The topological polar surface area (TPSA) is 136 Å². The van der Waals surface area contributed by atoms with Gasteiger partial charge in [-0.05, 0) is 85.9 Å². The van der Waals surface area contributed by atoms with E-state index in [0.29, 0.717) is 51.3 Å². The van der Waals surface area contributed by atoms with E-state index in [2.05, 4.69) is 52.7 Å². The minimum absolute atomic E-state index is 0.243. The van der Waals surface area contributed by atoms with Gasteiger partial charge >= 0.3 is 0 Å². The Kier molecular flexibility index (Phi) is 10.0. The van der Waals surface area contributed by atoms with E-state index >= 15 is 8.78 Å². The molecule has 0 amide bonds. The molecule has 0 bridgehead atoms. The Hall–Kier alpha value is -9.41. The van der Waals surface area contributed by atoms with Gasteiger partial charge in [-0.3, -0.25) is 0 Å². The second kappa shape index (κ2) is 16.6. The smallest absolute Gasteiger partial charge is 0.159 e. The summed E-state index contributed by atoms with van der Waals surface area (Å²) in [6.07, 6.45) is 13.5. The van der Waals surface area contributed by atoms with Crippen LogP contribution in [0.3, 0.4) is 0 Å². The highest BCUT2D eigenvalue weighted by Gasteiger charge is 2.24. The standard InChI is InChI=1S/C54H33F2N11/c1-3-15-59-51(58-2)32-7-11-42-43-14-10-35(54-64-20-6-21-65-54)27-49(43)67(48(42)24-32)50-28-37(31-57)45(30-44(50)36-22-38(55)29-39(56)23-36)66-46-25-33(52-60-16-4-17-61-52)8-12-40(46)41-13-9-34(26-47(41)66)53-62-18-5-19-63-53/h3-30H,2H2,1H3/b15-3-,59-51-. The van der Waals surface area contributed by atoms with E-state index in [1.54, 1.807) is 73.7 Å². The second-order valence-electron chi connectivity index (χ2n) is 15.6. The molecule has 0 aliphatic heterocycles. The van der Waals surface area contributed by atoms with Crippen LogP contribution in [0.15, 0.2) is 181 Å². The molecule has 13 heteroatoms. The lowest BCUT2D eigenvalue weighted by Crippen LogP contribution is -2.05. The predicted octanol–water partition coefficient (Wildman–Crippen LogP) is 12.0. The zero-order valence-corrected chi connectivity index (χ0v) is 35.5. The zero-order chi connectivity index (χ0) is 45.6. The third kappa shape index (κ3) is 7.06. The lowest BCUT2D eigenvalue weighted by Gasteiger charge is -2.19. The summed E-state index contributed by atoms with van der Waals surface area (Å²) in [6.45, 7) is 5.66. The average Bonchev–Trinajstić information content (AvgIpc) is 3.87. The Bertz CT molecular complexity index is 3760. The maximum absolute atomic E-state index is 15.6. The number of benzene rings is 6. The number of aromatic nitrogens is 8. The molecule has 11 nitrogen and oxygen atoms in total. The number of amidine groups is 1. The van der Waals surface area contributed by atoms with Crippen molar-refractivity contribution in [3.63, 3.8) is 0 Å². The highest BCUT2D eigenvalue weighted by Crippen LogP contribution is 2.43. The van der Waals surface area contributed by atoms with Gasteiger partial charge in [-0.1, -0.05) is 54.6 Å². The van der Waals surface area contributed by atoms with Crippen LogP contribution < -0.4 is 0 Å². The first-order valence-electron chi connectivity index (χ1n) is 21.1. The summed E-state index contributed by atoms with van der Waals surface area (Å²) in [5.41, 5.74) is 7.70. The number of aliphatic imine (C=N–C) groups is 2. The highest BCUT2D eigenvalue weighted by atomic mass is 19.1. The van der Waals surface area contributed by atoms with Crippen LogP contribution in [0.5, 0.6) is 0 Å². The predicted molar refractivity (Wildman–Crippen MR) is 259 cm³/mol. The average molecular weight is 874 g/mol. The summed E-state index contributed by atoms with van der Waals surface area (Å²) in [6, 6.07) is 38.5. The molecule has 6 aromatic carbocycles. The van der Waals surface area contributed by atoms with E-state index < -0.39 is 11.6 Å². The Morgan fingerprint density at radius 1 is 0.552 bits per heavy atom. The monoisotopic (exact) mass is 873 g/mol. The van der Waals surface area contributed by atoms with Crippen molar-refractivity contribution in [2.24, 2.45) is 9.98 Å². The Morgan fingerprint density at radius 3 is 1.45 bits per heavy atom. The first-order valence-corrected chi connectivity index (χ1v) is 21.1. The third-order valence-electron chi connectivity index (χ3n) is 11.7. The maximum Gasteiger partial charge on any atom is 0.159 e. The molecule has 0 aliphatic rings. The van der Waals surface area contributed by atoms with Crippen molar-refractivity contribution in [1.82, 2.24) is 39.0 Å². The molecule has 0 spiro atoms. The molecule has 0 saturated carbocycles. The third-order valence-corrected chi connectivity index (χ3v) is 11.7. The van der Waals surface area contributed by atoms with Crippen LogP contribution in [0.2, 0.25) is 0 Å². The first-order chi connectivity index (χ1) is 32.9. The second-order valence-corrected chi connectivity index (χ2v) is 15.6. The van der Waals surface area contributed by atoms with Crippen LogP contribution in [0.1, 0.15) is 18.1 Å². The van der Waals surface area contributed by atoms with Gasteiger partial charge in [-0.25, -0.2) is 48.7 Å². The molecule has 0 radical (unpaired) electrons. The summed E-state index contributed by atoms with van der Waals surface area (Å²) in [7, 11) is 0. The molecule has 0 atom stereocenters. The molecule has 318 valence electrons.